The number of nitrogens with zero attached hydrogens (tertiary/aromatic N) is 18. The van der Waals surface area contributed by atoms with Crippen LogP contribution >= 0.6 is 0 Å². The normalized spacial score (nSPS) is 15.1. The van der Waals surface area contributed by atoms with Crippen molar-refractivity contribution >= 4 is 63.3 Å². The van der Waals surface area contributed by atoms with Gasteiger partial charge in [0, 0.05) is 154 Å². The average molecular weight is 1320 g/mol. The van der Waals surface area contributed by atoms with Gasteiger partial charge in [-0.05, 0) is 171 Å². The lowest BCUT2D eigenvalue weighted by molar-refractivity contribution is -0.159. The van der Waals surface area contributed by atoms with Crippen LogP contribution in [0.25, 0.3) is 33.5 Å². The van der Waals surface area contributed by atoms with Crippen molar-refractivity contribution < 1.29 is 34.0 Å². The summed E-state index contributed by atoms with van der Waals surface area (Å²) in [7, 11) is 0. The number of anilines is 3. The van der Waals surface area contributed by atoms with Crippen molar-refractivity contribution in [3.05, 3.63) is 128 Å². The van der Waals surface area contributed by atoms with Gasteiger partial charge >= 0.3 is 11.9 Å². The number of rotatable bonds is 30. The molecule has 9 aromatic rings. The number of imidazole rings is 3. The van der Waals surface area contributed by atoms with Crippen LogP contribution in [0.1, 0.15) is 76.8 Å². The zero-order valence-corrected chi connectivity index (χ0v) is 55.8. The van der Waals surface area contributed by atoms with E-state index in [4.69, 9.17) is 49.0 Å². The molecule has 0 saturated carbocycles. The second kappa shape index (κ2) is 39.3. The van der Waals surface area contributed by atoms with Gasteiger partial charge in [0.1, 0.15) is 34.0 Å². The van der Waals surface area contributed by atoms with Gasteiger partial charge in [-0.2, -0.15) is 0 Å². The molecule has 0 amide bonds. The minimum absolute atomic E-state index is 0.661. The van der Waals surface area contributed by atoms with E-state index in [-0.39, 0.29) is 0 Å². The molecule has 96 heavy (non-hydrogen) atoms. The van der Waals surface area contributed by atoms with E-state index in [9.17, 15) is 0 Å². The number of nitrogens with one attached hydrogen (secondary N) is 3. The Kier molecular flexibility index (Phi) is 29.3. The zero-order valence-electron chi connectivity index (χ0n) is 55.8. The Morgan fingerprint density at radius 1 is 0.396 bits per heavy atom. The third kappa shape index (κ3) is 22.7. The van der Waals surface area contributed by atoms with E-state index >= 15 is 0 Å². The second-order valence-electron chi connectivity index (χ2n) is 23.7. The number of aromatic nitrogens is 15. The average Bonchev–Trinajstić information content (AvgIpc) is 1.68. The van der Waals surface area contributed by atoms with Crippen LogP contribution in [-0.2, 0) is 62.7 Å². The first-order valence-electron chi connectivity index (χ1n) is 33.9. The van der Waals surface area contributed by atoms with Gasteiger partial charge in [0.25, 0.3) is 0 Å². The molecular weight excluding hydrogens is 1220 g/mol. The van der Waals surface area contributed by atoms with E-state index in [0.717, 1.165) is 188 Å². The van der Waals surface area contributed by atoms with E-state index in [2.05, 4.69) is 107 Å². The molecule has 0 aromatic carbocycles. The van der Waals surface area contributed by atoms with Crippen LogP contribution in [-0.4, -0.2) is 229 Å². The predicted molar refractivity (Wildman–Crippen MR) is 368 cm³/mol. The summed E-state index contributed by atoms with van der Waals surface area (Å²) in [5, 5.41) is 24.7. The van der Waals surface area contributed by atoms with E-state index in [1.807, 2.05) is 75.8 Å². The smallest absolute Gasteiger partial charge is 0.414 e. The summed E-state index contributed by atoms with van der Waals surface area (Å²) in [6.45, 7) is 25.2. The van der Waals surface area contributed by atoms with Crippen LogP contribution in [0.3, 0.4) is 0 Å². The first kappa shape index (κ1) is 71.5. The lowest BCUT2D eigenvalue weighted by Crippen LogP contribution is -2.37. The maximum absolute atomic E-state index is 9.10. The molecule has 28 heteroatoms. The van der Waals surface area contributed by atoms with Crippen molar-refractivity contribution in [2.75, 3.05) is 134 Å². The van der Waals surface area contributed by atoms with Gasteiger partial charge in [-0.25, -0.2) is 69.4 Å². The number of ether oxygens (including phenoxy) is 3. The van der Waals surface area contributed by atoms with Gasteiger partial charge < -0.3 is 68.8 Å². The molecule has 9 aromatic heterocycles. The Morgan fingerprint density at radius 2 is 0.656 bits per heavy atom. The van der Waals surface area contributed by atoms with Gasteiger partial charge in [-0.15, -0.1) is 0 Å². The monoisotopic (exact) mass is 1320 g/mol. The van der Waals surface area contributed by atoms with Crippen LogP contribution < -0.4 is 16.0 Å². The molecule has 514 valence electrons. The van der Waals surface area contributed by atoms with Gasteiger partial charge in [0.15, 0.2) is 16.9 Å². The van der Waals surface area contributed by atoms with Crippen LogP contribution in [0.5, 0.6) is 0 Å². The Labute approximate surface area is 561 Å². The van der Waals surface area contributed by atoms with E-state index in [1.165, 1.54) is 38.5 Å². The van der Waals surface area contributed by atoms with Crippen molar-refractivity contribution in [3.63, 3.8) is 0 Å². The Balaban J connectivity index is 0.000000162. The summed E-state index contributed by atoms with van der Waals surface area (Å²) in [5.74, 6) is 3.87. The SMILES string of the molecule is CCOCCn1c(CC2CCN(CCNc3ncccn3)CC2)nc2cccnc21.CCOCCn1c(CC2CCN(CCNc3ncccn3)CC2)nc2cccnc21.CCOCCn1c(CC2CCN(CCNc3ncccn3)CC2)nc2cccnc21.O=C(O)C(=O)O. The standard InChI is InChI=1S/3C22H31N7O.C2H2O4/c3*1-2-30-16-15-29-20(27-19-5-3-8-23-21(19)29)17-18-6-12-28(13-7-18)14-11-26-22-24-9-4-10-25-22;3-1(4)2(5)6/h3*3-5,8-10,18H,2,6-7,11-17H2,1H3,(H,24,25,26);(H,3,4)(H,5,6). The molecule has 0 radical (unpaired) electrons. The van der Waals surface area contributed by atoms with Crippen molar-refractivity contribution in [2.24, 2.45) is 17.8 Å². The first-order valence-corrected chi connectivity index (χ1v) is 33.9. The molecule has 0 spiro atoms. The Morgan fingerprint density at radius 3 is 0.906 bits per heavy atom. The van der Waals surface area contributed by atoms with Gasteiger partial charge in [0.2, 0.25) is 17.8 Å². The highest BCUT2D eigenvalue weighted by atomic mass is 16.5. The fourth-order valence-corrected chi connectivity index (χ4v) is 12.3. The Hall–Kier alpha value is -8.80. The number of aliphatic carboxylic acids is 2. The summed E-state index contributed by atoms with van der Waals surface area (Å²) in [4.78, 5) is 79.4. The number of carbonyl (C=O) groups is 2. The molecule has 0 atom stereocenters. The first-order chi connectivity index (χ1) is 47.1. The molecule has 0 aliphatic carbocycles. The molecule has 0 unspecified atom stereocenters. The van der Waals surface area contributed by atoms with Gasteiger partial charge in [-0.1, -0.05) is 0 Å². The van der Waals surface area contributed by atoms with E-state index < -0.39 is 11.9 Å². The second-order valence-corrected chi connectivity index (χ2v) is 23.7. The maximum Gasteiger partial charge on any atom is 0.414 e. The van der Waals surface area contributed by atoms with Crippen LogP contribution in [0, 0.1) is 17.8 Å². The number of carboxylic acid groups (broad SMARTS) is 2. The summed E-state index contributed by atoms with van der Waals surface area (Å²) < 4.78 is 23.5. The lowest BCUT2D eigenvalue weighted by Gasteiger charge is -2.31. The van der Waals surface area contributed by atoms with Crippen molar-refractivity contribution in [1.82, 2.24) is 88.2 Å². The highest BCUT2D eigenvalue weighted by Gasteiger charge is 2.26. The third-order valence-corrected chi connectivity index (χ3v) is 17.3. The predicted octanol–water partition coefficient (Wildman–Crippen LogP) is 7.03. The van der Waals surface area contributed by atoms with Crippen molar-refractivity contribution in [1.29, 1.82) is 0 Å². The molecule has 5 N–H and O–H groups in total. The summed E-state index contributed by atoms with van der Waals surface area (Å²) in [6, 6.07) is 17.5. The largest absolute Gasteiger partial charge is 0.473 e. The minimum Gasteiger partial charge on any atom is -0.473 e. The van der Waals surface area contributed by atoms with Crippen LogP contribution in [0.15, 0.2) is 110 Å². The molecule has 3 fully saturated rings. The van der Waals surface area contributed by atoms with Gasteiger partial charge in [0.05, 0.1) is 19.8 Å². The summed E-state index contributed by atoms with van der Waals surface area (Å²) in [6.07, 6.45) is 26.3. The third-order valence-electron chi connectivity index (χ3n) is 17.3. The zero-order chi connectivity index (χ0) is 66.9. The van der Waals surface area contributed by atoms with Crippen molar-refractivity contribution in [2.45, 2.75) is 98.2 Å². The van der Waals surface area contributed by atoms with Crippen LogP contribution in [0.2, 0.25) is 0 Å². The molecule has 28 nitrogen and oxygen atoms in total. The van der Waals surface area contributed by atoms with Crippen molar-refractivity contribution in [3.8, 4) is 0 Å². The Bertz CT molecular complexity index is 3300. The van der Waals surface area contributed by atoms with Crippen LogP contribution in [0.4, 0.5) is 17.8 Å². The molecule has 3 aliphatic rings. The minimum atomic E-state index is -1.82. The van der Waals surface area contributed by atoms with E-state index in [1.54, 1.807) is 37.2 Å². The molecule has 3 aliphatic heterocycles. The van der Waals surface area contributed by atoms with Gasteiger partial charge in [-0.3, -0.25) is 0 Å². The molecule has 0 bridgehead atoms. The number of likely N-dealkylation sites (tertiary alicyclic amines) is 3. The molecule has 12 heterocycles. The quantitative estimate of drug-likeness (QED) is 0.0223. The summed E-state index contributed by atoms with van der Waals surface area (Å²) in [5.41, 5.74) is 5.86. The number of hydrogen-bond acceptors (Lipinski definition) is 23. The molecule has 12 rings (SSSR count). The highest BCUT2D eigenvalue weighted by Crippen LogP contribution is 2.27. The molecule has 3 saturated heterocycles. The summed E-state index contributed by atoms with van der Waals surface area (Å²) >= 11 is 0. The van der Waals surface area contributed by atoms with E-state index in [0.29, 0.717) is 55.4 Å². The number of fused-ring (bicyclic) bond motifs is 3. The topological polar surface area (TPSA) is 318 Å². The number of hydrogen-bond donors (Lipinski definition) is 5. The maximum atomic E-state index is 9.10. The highest BCUT2D eigenvalue weighted by molar-refractivity contribution is 6.27. The number of carboxylic acids is 2. The molecular formula is C68H95N21O7. The lowest BCUT2D eigenvalue weighted by atomic mass is 9.93. The number of piperidine rings is 3. The fourth-order valence-electron chi connectivity index (χ4n) is 12.3. The fraction of sp³-hybridized carbons (Fsp3) is 0.529. The number of pyridine rings is 3.